The van der Waals surface area contributed by atoms with Crippen LogP contribution in [0.4, 0.5) is 4.39 Å². The summed E-state index contributed by atoms with van der Waals surface area (Å²) < 4.78 is 24.7. The van der Waals surface area contributed by atoms with Gasteiger partial charge in [0.05, 0.1) is 18.5 Å². The van der Waals surface area contributed by atoms with Crippen molar-refractivity contribution in [3.05, 3.63) is 57.6 Å². The molecular formula is C14H11FN2O3S. The van der Waals surface area contributed by atoms with Crippen molar-refractivity contribution in [2.75, 3.05) is 7.11 Å². The summed E-state index contributed by atoms with van der Waals surface area (Å²) in [6.07, 6.45) is 0. The van der Waals surface area contributed by atoms with Crippen LogP contribution in [0.3, 0.4) is 0 Å². The van der Waals surface area contributed by atoms with Crippen molar-refractivity contribution in [2.24, 2.45) is 0 Å². The highest BCUT2D eigenvalue weighted by Crippen LogP contribution is 2.25. The van der Waals surface area contributed by atoms with Crippen LogP contribution in [0.2, 0.25) is 0 Å². The maximum atomic E-state index is 13.4. The normalized spacial score (nSPS) is 10.8. The molecular weight excluding hydrogens is 295 g/mol. The van der Waals surface area contributed by atoms with Crippen molar-refractivity contribution in [3.63, 3.8) is 0 Å². The SMILES string of the molecule is COc1ccc(F)cc1Cn1c(-c2cccs2)noc1=O. The molecule has 0 amide bonds. The largest absolute Gasteiger partial charge is 0.496 e. The molecule has 0 bridgehead atoms. The first-order valence-electron chi connectivity index (χ1n) is 6.12. The fourth-order valence-electron chi connectivity index (χ4n) is 2.03. The summed E-state index contributed by atoms with van der Waals surface area (Å²) in [4.78, 5) is 12.6. The standard InChI is InChI=1S/C14H11FN2O3S/c1-19-11-5-4-10(15)7-9(11)8-17-13(16-20-14(17)18)12-3-2-6-21-12/h2-7H,8H2,1H3. The van der Waals surface area contributed by atoms with Gasteiger partial charge in [-0.05, 0) is 29.6 Å². The summed E-state index contributed by atoms with van der Waals surface area (Å²) in [6, 6.07) is 7.84. The van der Waals surface area contributed by atoms with Crippen LogP contribution in [0.1, 0.15) is 5.56 Å². The number of hydrogen-bond acceptors (Lipinski definition) is 5. The summed E-state index contributed by atoms with van der Waals surface area (Å²) in [5.74, 6) is -0.0689. The van der Waals surface area contributed by atoms with Crippen LogP contribution in [0.5, 0.6) is 5.75 Å². The number of hydrogen-bond donors (Lipinski definition) is 0. The van der Waals surface area contributed by atoms with E-state index in [0.29, 0.717) is 17.1 Å². The van der Waals surface area contributed by atoms with Gasteiger partial charge in [-0.1, -0.05) is 11.2 Å². The highest BCUT2D eigenvalue weighted by Gasteiger charge is 2.16. The van der Waals surface area contributed by atoms with E-state index in [4.69, 9.17) is 9.26 Å². The van der Waals surface area contributed by atoms with Crippen LogP contribution in [0.15, 0.2) is 45.0 Å². The Balaban J connectivity index is 2.05. The average molecular weight is 306 g/mol. The van der Waals surface area contributed by atoms with Crippen molar-refractivity contribution in [2.45, 2.75) is 6.54 Å². The van der Waals surface area contributed by atoms with Crippen molar-refractivity contribution >= 4 is 11.3 Å². The lowest BCUT2D eigenvalue weighted by molar-refractivity contribution is 0.376. The topological polar surface area (TPSA) is 57.3 Å². The first kappa shape index (κ1) is 13.6. The molecule has 21 heavy (non-hydrogen) atoms. The Morgan fingerprint density at radius 1 is 1.43 bits per heavy atom. The van der Waals surface area contributed by atoms with Crippen molar-refractivity contribution in [1.82, 2.24) is 9.72 Å². The van der Waals surface area contributed by atoms with Crippen LogP contribution in [0.25, 0.3) is 10.7 Å². The second-order valence-electron chi connectivity index (χ2n) is 4.29. The molecule has 108 valence electrons. The zero-order valence-electron chi connectivity index (χ0n) is 11.1. The Hall–Kier alpha value is -2.41. The highest BCUT2D eigenvalue weighted by atomic mass is 32.1. The smallest absolute Gasteiger partial charge is 0.442 e. The lowest BCUT2D eigenvalue weighted by Gasteiger charge is -2.09. The predicted octanol–water partition coefficient (Wildman–Crippen LogP) is 2.76. The lowest BCUT2D eigenvalue weighted by atomic mass is 10.2. The number of nitrogens with zero attached hydrogens (tertiary/aromatic N) is 2. The molecule has 0 aliphatic rings. The number of aromatic nitrogens is 2. The van der Waals surface area contributed by atoms with Crippen molar-refractivity contribution in [1.29, 1.82) is 0 Å². The zero-order valence-corrected chi connectivity index (χ0v) is 11.9. The molecule has 0 fully saturated rings. The molecule has 0 radical (unpaired) electrons. The second kappa shape index (κ2) is 5.53. The van der Waals surface area contributed by atoms with Crippen LogP contribution < -0.4 is 10.5 Å². The fraction of sp³-hybridized carbons (Fsp3) is 0.143. The van der Waals surface area contributed by atoms with Crippen LogP contribution in [0, 0.1) is 5.82 Å². The Morgan fingerprint density at radius 3 is 3.00 bits per heavy atom. The van der Waals surface area contributed by atoms with E-state index in [1.54, 1.807) is 0 Å². The maximum absolute atomic E-state index is 13.4. The van der Waals surface area contributed by atoms with E-state index in [-0.39, 0.29) is 6.54 Å². The Kier molecular flexibility index (Phi) is 3.57. The van der Waals surface area contributed by atoms with Gasteiger partial charge in [-0.25, -0.2) is 9.18 Å². The fourth-order valence-corrected chi connectivity index (χ4v) is 2.75. The van der Waals surface area contributed by atoms with Gasteiger partial charge in [0.2, 0.25) is 0 Å². The third-order valence-electron chi connectivity index (χ3n) is 3.00. The van der Waals surface area contributed by atoms with E-state index in [1.165, 1.54) is 41.2 Å². The molecule has 2 aromatic heterocycles. The minimum absolute atomic E-state index is 0.122. The monoisotopic (exact) mass is 306 g/mol. The van der Waals surface area contributed by atoms with Crippen LogP contribution in [-0.4, -0.2) is 16.8 Å². The molecule has 5 nitrogen and oxygen atoms in total. The molecule has 3 aromatic rings. The Labute approximate surface area is 123 Å². The lowest BCUT2D eigenvalue weighted by Crippen LogP contribution is -2.16. The summed E-state index contributed by atoms with van der Waals surface area (Å²) in [7, 11) is 1.49. The molecule has 0 aliphatic heterocycles. The Morgan fingerprint density at radius 2 is 2.29 bits per heavy atom. The summed E-state index contributed by atoms with van der Waals surface area (Å²) in [5, 5.41) is 5.66. The van der Waals surface area contributed by atoms with Gasteiger partial charge >= 0.3 is 5.76 Å². The minimum Gasteiger partial charge on any atom is -0.496 e. The minimum atomic E-state index is -0.593. The summed E-state index contributed by atoms with van der Waals surface area (Å²) in [5.41, 5.74) is 0.542. The van der Waals surface area contributed by atoms with Crippen LogP contribution in [-0.2, 0) is 6.54 Å². The number of thiophene rings is 1. The molecule has 0 N–H and O–H groups in total. The molecule has 0 saturated heterocycles. The molecule has 0 aliphatic carbocycles. The quantitative estimate of drug-likeness (QED) is 0.743. The number of methoxy groups -OCH3 is 1. The molecule has 2 heterocycles. The van der Waals surface area contributed by atoms with E-state index in [0.717, 1.165) is 4.88 Å². The van der Waals surface area contributed by atoms with E-state index >= 15 is 0 Å². The van der Waals surface area contributed by atoms with E-state index < -0.39 is 11.6 Å². The van der Waals surface area contributed by atoms with Crippen molar-refractivity contribution < 1.29 is 13.7 Å². The third kappa shape index (κ3) is 2.59. The van der Waals surface area contributed by atoms with Gasteiger partial charge in [0.15, 0.2) is 5.82 Å². The molecule has 0 unspecified atom stereocenters. The van der Waals surface area contributed by atoms with E-state index in [1.807, 2.05) is 17.5 Å². The third-order valence-corrected chi connectivity index (χ3v) is 3.86. The number of rotatable bonds is 4. The van der Waals surface area contributed by atoms with Gasteiger partial charge in [0.25, 0.3) is 0 Å². The molecule has 1 aromatic carbocycles. The zero-order chi connectivity index (χ0) is 14.8. The van der Waals surface area contributed by atoms with E-state index in [9.17, 15) is 9.18 Å². The number of halogens is 1. The second-order valence-corrected chi connectivity index (χ2v) is 5.24. The van der Waals surface area contributed by atoms with Gasteiger partial charge in [-0.3, -0.25) is 9.09 Å². The first-order chi connectivity index (χ1) is 10.2. The summed E-state index contributed by atoms with van der Waals surface area (Å²) >= 11 is 1.44. The number of ether oxygens (including phenoxy) is 1. The Bertz CT molecular complexity index is 808. The summed E-state index contributed by atoms with van der Waals surface area (Å²) in [6.45, 7) is 0.122. The van der Waals surface area contributed by atoms with Gasteiger partial charge < -0.3 is 4.74 Å². The number of benzene rings is 1. The predicted molar refractivity (Wildman–Crippen MR) is 76.1 cm³/mol. The first-order valence-corrected chi connectivity index (χ1v) is 7.00. The molecule has 3 rings (SSSR count). The average Bonchev–Trinajstić information content (AvgIpc) is 3.10. The molecule has 0 saturated carbocycles. The molecule has 7 heteroatoms. The molecule has 0 spiro atoms. The molecule has 0 atom stereocenters. The van der Waals surface area contributed by atoms with Gasteiger partial charge in [0.1, 0.15) is 11.6 Å². The van der Waals surface area contributed by atoms with Gasteiger partial charge in [-0.15, -0.1) is 11.3 Å². The highest BCUT2D eigenvalue weighted by molar-refractivity contribution is 7.13. The van der Waals surface area contributed by atoms with E-state index in [2.05, 4.69) is 5.16 Å². The maximum Gasteiger partial charge on any atom is 0.442 e. The van der Waals surface area contributed by atoms with Crippen molar-refractivity contribution in [3.8, 4) is 16.5 Å². The van der Waals surface area contributed by atoms with Crippen LogP contribution >= 0.6 is 11.3 Å². The van der Waals surface area contributed by atoms with Gasteiger partial charge in [-0.2, -0.15) is 0 Å². The van der Waals surface area contributed by atoms with Gasteiger partial charge in [0, 0.05) is 5.56 Å².